The fourth-order valence-electron chi connectivity index (χ4n) is 3.34. The van der Waals surface area contributed by atoms with Crippen molar-refractivity contribution in [3.8, 4) is 11.8 Å². The lowest BCUT2D eigenvalue weighted by Gasteiger charge is -2.22. The fraction of sp³-hybridized carbons (Fsp3) is 0.0833. The summed E-state index contributed by atoms with van der Waals surface area (Å²) < 4.78 is 0. The number of hydrogen-bond donors (Lipinski definition) is 1. The second kappa shape index (κ2) is 6.81. The Kier molecular flexibility index (Phi) is 4.21. The molecule has 1 heteroatoms. The Morgan fingerprint density at radius 3 is 1.80 bits per heavy atom. The van der Waals surface area contributed by atoms with Crippen LogP contribution in [0.3, 0.4) is 0 Å². The van der Waals surface area contributed by atoms with Crippen LogP contribution in [-0.4, -0.2) is 11.2 Å². The number of aliphatic hydroxyl groups is 1. The molecule has 0 amide bonds. The first-order valence-corrected chi connectivity index (χ1v) is 8.43. The normalized spacial score (nSPS) is 13.8. The van der Waals surface area contributed by atoms with Crippen molar-refractivity contribution in [1.82, 2.24) is 0 Å². The van der Waals surface area contributed by atoms with Gasteiger partial charge in [0.05, 0.1) is 0 Å². The molecule has 3 aromatic carbocycles. The lowest BCUT2D eigenvalue weighted by atomic mass is 9.83. The van der Waals surface area contributed by atoms with Crippen molar-refractivity contribution in [2.45, 2.75) is 12.0 Å². The zero-order chi connectivity index (χ0) is 17.1. The molecule has 1 unspecified atom stereocenters. The molecular formula is C24H18O. The SMILES string of the molecule is OC(C#Cc1ccccc1)C1c2ccccc2C=Cc2ccccc21. The van der Waals surface area contributed by atoms with E-state index in [-0.39, 0.29) is 5.92 Å². The van der Waals surface area contributed by atoms with Crippen LogP contribution in [0.2, 0.25) is 0 Å². The highest BCUT2D eigenvalue weighted by molar-refractivity contribution is 5.76. The molecule has 0 bridgehead atoms. The molecule has 0 aliphatic heterocycles. The summed E-state index contributed by atoms with van der Waals surface area (Å²) in [6.07, 6.45) is 3.46. The monoisotopic (exact) mass is 322 g/mol. The van der Waals surface area contributed by atoms with Crippen molar-refractivity contribution < 1.29 is 5.11 Å². The number of benzene rings is 3. The second-order valence-electron chi connectivity index (χ2n) is 6.15. The molecule has 0 aromatic heterocycles. The van der Waals surface area contributed by atoms with Crippen LogP contribution in [0.4, 0.5) is 0 Å². The maximum absolute atomic E-state index is 11.0. The molecule has 1 nitrogen and oxygen atoms in total. The van der Waals surface area contributed by atoms with Crippen molar-refractivity contribution >= 4 is 12.2 Å². The minimum atomic E-state index is -0.776. The van der Waals surface area contributed by atoms with Crippen LogP contribution in [0.5, 0.6) is 0 Å². The first-order chi connectivity index (χ1) is 12.3. The highest BCUT2D eigenvalue weighted by atomic mass is 16.3. The lowest BCUT2D eigenvalue weighted by molar-refractivity contribution is 0.214. The van der Waals surface area contributed by atoms with Gasteiger partial charge in [-0.05, 0) is 34.4 Å². The zero-order valence-electron chi connectivity index (χ0n) is 13.8. The highest BCUT2D eigenvalue weighted by Gasteiger charge is 2.26. The van der Waals surface area contributed by atoms with Gasteiger partial charge in [0.25, 0.3) is 0 Å². The molecule has 0 fully saturated rings. The quantitative estimate of drug-likeness (QED) is 0.643. The molecule has 0 heterocycles. The standard InChI is InChI=1S/C24H18O/c25-23(17-14-18-8-2-1-3-9-18)24-21-12-6-4-10-19(21)15-16-20-11-5-7-13-22(20)24/h1-13,15-16,23-25H. The summed E-state index contributed by atoms with van der Waals surface area (Å²) >= 11 is 0. The van der Waals surface area contributed by atoms with E-state index in [1.54, 1.807) is 0 Å². The van der Waals surface area contributed by atoms with Crippen LogP contribution < -0.4 is 0 Å². The molecule has 0 saturated carbocycles. The fourth-order valence-corrected chi connectivity index (χ4v) is 3.34. The second-order valence-corrected chi connectivity index (χ2v) is 6.15. The Morgan fingerprint density at radius 2 is 1.20 bits per heavy atom. The summed E-state index contributed by atoms with van der Waals surface area (Å²) in [5, 5.41) is 11.0. The van der Waals surface area contributed by atoms with Crippen molar-refractivity contribution in [3.63, 3.8) is 0 Å². The summed E-state index contributed by atoms with van der Waals surface area (Å²) in [5.41, 5.74) is 5.39. The lowest BCUT2D eigenvalue weighted by Crippen LogP contribution is -2.19. The van der Waals surface area contributed by atoms with Crippen molar-refractivity contribution in [2.24, 2.45) is 0 Å². The van der Waals surface area contributed by atoms with Gasteiger partial charge in [0, 0.05) is 11.5 Å². The molecule has 1 N–H and O–H groups in total. The van der Waals surface area contributed by atoms with Gasteiger partial charge < -0.3 is 5.11 Å². The minimum absolute atomic E-state index is 0.168. The number of aliphatic hydroxyl groups excluding tert-OH is 1. The van der Waals surface area contributed by atoms with E-state index >= 15 is 0 Å². The number of rotatable bonds is 1. The van der Waals surface area contributed by atoms with Gasteiger partial charge in [-0.25, -0.2) is 0 Å². The average molecular weight is 322 g/mol. The Balaban J connectivity index is 1.80. The smallest absolute Gasteiger partial charge is 0.126 e. The van der Waals surface area contributed by atoms with Crippen LogP contribution in [0, 0.1) is 11.8 Å². The van der Waals surface area contributed by atoms with E-state index in [1.807, 2.05) is 54.6 Å². The van der Waals surface area contributed by atoms with Crippen molar-refractivity contribution in [1.29, 1.82) is 0 Å². The first kappa shape index (κ1) is 15.4. The van der Waals surface area contributed by atoms with E-state index in [9.17, 15) is 5.11 Å². The predicted octanol–water partition coefficient (Wildman–Crippen LogP) is 4.71. The van der Waals surface area contributed by atoms with Crippen molar-refractivity contribution in [2.75, 3.05) is 0 Å². The van der Waals surface area contributed by atoms with Gasteiger partial charge in [0.15, 0.2) is 0 Å². The minimum Gasteiger partial charge on any atom is -0.379 e. The molecule has 4 rings (SSSR count). The van der Waals surface area contributed by atoms with Gasteiger partial charge in [0.2, 0.25) is 0 Å². The molecule has 1 aliphatic rings. The van der Waals surface area contributed by atoms with Crippen LogP contribution in [0.15, 0.2) is 78.9 Å². The van der Waals surface area contributed by atoms with Crippen LogP contribution in [-0.2, 0) is 0 Å². The summed E-state index contributed by atoms with van der Waals surface area (Å²) in [6, 6.07) is 26.2. The summed E-state index contributed by atoms with van der Waals surface area (Å²) in [5.74, 6) is 5.99. The number of hydrogen-bond acceptors (Lipinski definition) is 1. The van der Waals surface area contributed by atoms with E-state index in [1.165, 1.54) is 0 Å². The molecule has 3 aromatic rings. The van der Waals surface area contributed by atoms with E-state index < -0.39 is 6.10 Å². The summed E-state index contributed by atoms with van der Waals surface area (Å²) in [7, 11) is 0. The van der Waals surface area contributed by atoms with Crippen LogP contribution in [0.1, 0.15) is 33.7 Å². The Bertz CT molecular complexity index is 924. The topological polar surface area (TPSA) is 20.2 Å². The third-order valence-electron chi connectivity index (χ3n) is 4.56. The van der Waals surface area contributed by atoms with Crippen molar-refractivity contribution in [3.05, 3.63) is 107 Å². The van der Waals surface area contributed by atoms with Gasteiger partial charge in [-0.1, -0.05) is 90.7 Å². The molecule has 25 heavy (non-hydrogen) atoms. The van der Waals surface area contributed by atoms with Gasteiger partial charge >= 0.3 is 0 Å². The molecule has 120 valence electrons. The van der Waals surface area contributed by atoms with E-state index in [4.69, 9.17) is 0 Å². The molecule has 1 atom stereocenters. The van der Waals surface area contributed by atoms with Gasteiger partial charge in [-0.3, -0.25) is 0 Å². The van der Waals surface area contributed by atoms with E-state index in [2.05, 4.69) is 48.3 Å². The Hall–Kier alpha value is -3.08. The Labute approximate surface area is 148 Å². The maximum Gasteiger partial charge on any atom is 0.126 e. The molecular weight excluding hydrogens is 304 g/mol. The molecule has 0 saturated heterocycles. The molecule has 1 aliphatic carbocycles. The highest BCUT2D eigenvalue weighted by Crippen LogP contribution is 2.36. The van der Waals surface area contributed by atoms with Crippen LogP contribution >= 0.6 is 0 Å². The average Bonchev–Trinajstić information content (AvgIpc) is 2.84. The first-order valence-electron chi connectivity index (χ1n) is 8.43. The summed E-state index contributed by atoms with van der Waals surface area (Å²) in [6.45, 7) is 0. The third-order valence-corrected chi connectivity index (χ3v) is 4.56. The summed E-state index contributed by atoms with van der Waals surface area (Å²) in [4.78, 5) is 0. The third kappa shape index (κ3) is 3.13. The zero-order valence-corrected chi connectivity index (χ0v) is 13.8. The number of fused-ring (bicyclic) bond motifs is 2. The van der Waals surface area contributed by atoms with Crippen LogP contribution in [0.25, 0.3) is 12.2 Å². The predicted molar refractivity (Wildman–Crippen MR) is 103 cm³/mol. The van der Waals surface area contributed by atoms with E-state index in [0.29, 0.717) is 0 Å². The van der Waals surface area contributed by atoms with Gasteiger partial charge in [0.1, 0.15) is 6.10 Å². The largest absolute Gasteiger partial charge is 0.379 e. The molecule has 0 radical (unpaired) electrons. The van der Waals surface area contributed by atoms with Gasteiger partial charge in [-0.15, -0.1) is 0 Å². The van der Waals surface area contributed by atoms with Gasteiger partial charge in [-0.2, -0.15) is 0 Å². The maximum atomic E-state index is 11.0. The van der Waals surface area contributed by atoms with E-state index in [0.717, 1.165) is 27.8 Å². The molecule has 0 spiro atoms. The Morgan fingerprint density at radius 1 is 0.680 bits per heavy atom.